The Kier molecular flexibility index (Phi) is 3.55. The predicted molar refractivity (Wildman–Crippen MR) is 75.8 cm³/mol. The average molecular weight is 284 g/mol. The van der Waals surface area contributed by atoms with Crippen molar-refractivity contribution in [3.63, 3.8) is 0 Å². The van der Waals surface area contributed by atoms with Crippen LogP contribution < -0.4 is 5.32 Å². The van der Waals surface area contributed by atoms with Crippen LogP contribution >= 0.6 is 0 Å². The first-order valence-corrected chi connectivity index (χ1v) is 6.44. The minimum Gasteiger partial charge on any atom is -0.359 e. The van der Waals surface area contributed by atoms with Crippen molar-refractivity contribution in [1.29, 1.82) is 0 Å². The molecule has 3 aromatic rings. The van der Waals surface area contributed by atoms with Crippen molar-refractivity contribution >= 4 is 5.82 Å². The van der Waals surface area contributed by atoms with Crippen LogP contribution in [0.25, 0.3) is 11.3 Å². The molecule has 0 aliphatic heterocycles. The van der Waals surface area contributed by atoms with Crippen LogP contribution in [0.5, 0.6) is 0 Å². The van der Waals surface area contributed by atoms with Gasteiger partial charge in [-0.15, -0.1) is 10.2 Å². The molecule has 0 aliphatic rings. The van der Waals surface area contributed by atoms with Gasteiger partial charge in [-0.3, -0.25) is 5.10 Å². The molecular formula is C14H13FN6. The molecule has 2 N–H and O–H groups in total. The summed E-state index contributed by atoms with van der Waals surface area (Å²) < 4.78 is 12.9. The van der Waals surface area contributed by atoms with Gasteiger partial charge >= 0.3 is 0 Å². The van der Waals surface area contributed by atoms with Crippen LogP contribution in [0, 0.1) is 5.82 Å². The lowest BCUT2D eigenvalue weighted by Gasteiger charge is -2.11. The third-order valence-electron chi connectivity index (χ3n) is 3.01. The number of hydrogen-bond donors (Lipinski definition) is 2. The summed E-state index contributed by atoms with van der Waals surface area (Å²) in [7, 11) is 0. The summed E-state index contributed by atoms with van der Waals surface area (Å²) in [6.45, 7) is 1.94. The van der Waals surface area contributed by atoms with Crippen LogP contribution in [0.4, 0.5) is 10.2 Å². The van der Waals surface area contributed by atoms with Gasteiger partial charge in [0.05, 0.1) is 11.7 Å². The molecule has 0 saturated heterocycles. The molecule has 7 heteroatoms. The molecular weight excluding hydrogens is 271 g/mol. The Morgan fingerprint density at radius 3 is 2.52 bits per heavy atom. The van der Waals surface area contributed by atoms with Crippen molar-refractivity contribution in [1.82, 2.24) is 25.4 Å². The van der Waals surface area contributed by atoms with E-state index in [0.29, 0.717) is 11.5 Å². The number of H-pyrrole nitrogens is 1. The summed E-state index contributed by atoms with van der Waals surface area (Å²) in [5.41, 5.74) is 1.51. The standard InChI is InChI=1S/C14H13FN6/c1-9(14-16-8-17-21-14)18-13-7-6-12(19-20-13)10-2-4-11(15)5-3-10/h2-9H,1H3,(H,18,20)(H,16,17,21). The molecule has 1 unspecified atom stereocenters. The first-order chi connectivity index (χ1) is 10.2. The fourth-order valence-corrected chi connectivity index (χ4v) is 1.90. The highest BCUT2D eigenvalue weighted by molar-refractivity contribution is 5.59. The van der Waals surface area contributed by atoms with Gasteiger partial charge in [0, 0.05) is 5.56 Å². The van der Waals surface area contributed by atoms with Crippen LogP contribution in [0.2, 0.25) is 0 Å². The number of hydrogen-bond acceptors (Lipinski definition) is 5. The minimum atomic E-state index is -0.272. The molecule has 0 bridgehead atoms. The van der Waals surface area contributed by atoms with E-state index in [1.165, 1.54) is 18.5 Å². The van der Waals surface area contributed by atoms with E-state index in [2.05, 4.69) is 30.7 Å². The van der Waals surface area contributed by atoms with Gasteiger partial charge in [-0.05, 0) is 43.3 Å². The zero-order valence-electron chi connectivity index (χ0n) is 11.3. The van der Waals surface area contributed by atoms with Crippen molar-refractivity contribution in [3.05, 3.63) is 54.4 Å². The molecule has 106 valence electrons. The average Bonchev–Trinajstić information content (AvgIpc) is 3.03. The molecule has 21 heavy (non-hydrogen) atoms. The largest absolute Gasteiger partial charge is 0.359 e. The fraction of sp³-hybridized carbons (Fsp3) is 0.143. The quantitative estimate of drug-likeness (QED) is 0.769. The van der Waals surface area contributed by atoms with Gasteiger partial charge < -0.3 is 5.32 Å². The highest BCUT2D eigenvalue weighted by atomic mass is 19.1. The summed E-state index contributed by atoms with van der Waals surface area (Å²) in [6, 6.07) is 9.73. The van der Waals surface area contributed by atoms with Crippen LogP contribution in [-0.4, -0.2) is 25.4 Å². The lowest BCUT2D eigenvalue weighted by atomic mass is 10.1. The Morgan fingerprint density at radius 1 is 1.10 bits per heavy atom. The van der Waals surface area contributed by atoms with Gasteiger partial charge in [0.2, 0.25) is 0 Å². The second kappa shape index (κ2) is 5.66. The number of aromatic amines is 1. The van der Waals surface area contributed by atoms with E-state index in [1.807, 2.05) is 19.1 Å². The summed E-state index contributed by atoms with van der Waals surface area (Å²) in [5.74, 6) is 1.08. The van der Waals surface area contributed by atoms with E-state index >= 15 is 0 Å². The third kappa shape index (κ3) is 3.02. The molecule has 0 saturated carbocycles. The van der Waals surface area contributed by atoms with Crippen LogP contribution in [0.1, 0.15) is 18.8 Å². The lowest BCUT2D eigenvalue weighted by molar-refractivity contribution is 0.628. The summed E-state index contributed by atoms with van der Waals surface area (Å²) >= 11 is 0. The molecule has 1 aromatic carbocycles. The molecule has 1 atom stereocenters. The van der Waals surface area contributed by atoms with E-state index in [0.717, 1.165) is 11.4 Å². The number of anilines is 1. The first kappa shape index (κ1) is 13.2. The SMILES string of the molecule is CC(Nc1ccc(-c2ccc(F)cc2)nn1)c1ncn[nH]1. The van der Waals surface area contributed by atoms with Crippen molar-refractivity contribution in [2.75, 3.05) is 5.32 Å². The second-order valence-electron chi connectivity index (χ2n) is 4.55. The minimum absolute atomic E-state index is 0.0570. The number of benzene rings is 1. The molecule has 3 rings (SSSR count). The molecule has 0 amide bonds. The Balaban J connectivity index is 1.73. The zero-order chi connectivity index (χ0) is 14.7. The zero-order valence-corrected chi connectivity index (χ0v) is 11.3. The normalized spacial score (nSPS) is 12.1. The maximum Gasteiger partial charge on any atom is 0.149 e. The van der Waals surface area contributed by atoms with Gasteiger partial charge in [0.1, 0.15) is 23.8 Å². The van der Waals surface area contributed by atoms with Crippen LogP contribution in [-0.2, 0) is 0 Å². The Hall–Kier alpha value is -2.83. The summed E-state index contributed by atoms with van der Waals surface area (Å²) in [4.78, 5) is 4.07. The molecule has 0 fully saturated rings. The molecule has 2 heterocycles. The smallest absolute Gasteiger partial charge is 0.149 e. The number of rotatable bonds is 4. The van der Waals surface area contributed by atoms with Gasteiger partial charge in [0.25, 0.3) is 0 Å². The number of nitrogens with one attached hydrogen (secondary N) is 2. The Labute approximate surface area is 120 Å². The maximum absolute atomic E-state index is 12.9. The first-order valence-electron chi connectivity index (χ1n) is 6.44. The monoisotopic (exact) mass is 284 g/mol. The summed E-state index contributed by atoms with van der Waals surface area (Å²) in [6.07, 6.45) is 1.46. The highest BCUT2D eigenvalue weighted by Crippen LogP contribution is 2.19. The highest BCUT2D eigenvalue weighted by Gasteiger charge is 2.09. The van der Waals surface area contributed by atoms with Gasteiger partial charge in [-0.25, -0.2) is 9.37 Å². The molecule has 0 radical (unpaired) electrons. The van der Waals surface area contributed by atoms with E-state index in [-0.39, 0.29) is 11.9 Å². The van der Waals surface area contributed by atoms with Gasteiger partial charge in [-0.2, -0.15) is 5.10 Å². The third-order valence-corrected chi connectivity index (χ3v) is 3.01. The van der Waals surface area contributed by atoms with Gasteiger partial charge in [-0.1, -0.05) is 0 Å². The predicted octanol–water partition coefficient (Wildman–Crippen LogP) is 2.57. The van der Waals surface area contributed by atoms with Crippen molar-refractivity contribution in [3.8, 4) is 11.3 Å². The second-order valence-corrected chi connectivity index (χ2v) is 4.55. The topological polar surface area (TPSA) is 79.4 Å². The fourth-order valence-electron chi connectivity index (χ4n) is 1.90. The van der Waals surface area contributed by atoms with Crippen molar-refractivity contribution < 1.29 is 4.39 Å². The maximum atomic E-state index is 12.9. The van der Waals surface area contributed by atoms with E-state index in [1.54, 1.807) is 12.1 Å². The van der Waals surface area contributed by atoms with Crippen LogP contribution in [0.15, 0.2) is 42.7 Å². The van der Waals surface area contributed by atoms with E-state index < -0.39 is 0 Å². The van der Waals surface area contributed by atoms with Gasteiger partial charge in [0.15, 0.2) is 0 Å². The number of halogens is 1. The van der Waals surface area contributed by atoms with Crippen molar-refractivity contribution in [2.24, 2.45) is 0 Å². The number of aromatic nitrogens is 5. The van der Waals surface area contributed by atoms with Crippen LogP contribution in [0.3, 0.4) is 0 Å². The molecule has 2 aromatic heterocycles. The lowest BCUT2D eigenvalue weighted by Crippen LogP contribution is -2.10. The Bertz CT molecular complexity index is 693. The van der Waals surface area contributed by atoms with Crippen molar-refractivity contribution in [2.45, 2.75) is 13.0 Å². The number of nitrogens with zero attached hydrogens (tertiary/aromatic N) is 4. The van der Waals surface area contributed by atoms with E-state index in [9.17, 15) is 4.39 Å². The Morgan fingerprint density at radius 2 is 1.90 bits per heavy atom. The molecule has 0 aliphatic carbocycles. The summed E-state index contributed by atoms with van der Waals surface area (Å²) in [5, 5.41) is 18.0. The molecule has 6 nitrogen and oxygen atoms in total. The molecule has 0 spiro atoms. The van der Waals surface area contributed by atoms with E-state index in [4.69, 9.17) is 0 Å².